The highest BCUT2D eigenvalue weighted by Crippen LogP contribution is 2.26. The highest BCUT2D eigenvalue weighted by Gasteiger charge is 2.41. The number of imide groups is 1. The van der Waals surface area contributed by atoms with E-state index in [2.05, 4.69) is 5.32 Å². The molecule has 1 aliphatic rings. The summed E-state index contributed by atoms with van der Waals surface area (Å²) in [6.07, 6.45) is -0.220. The third-order valence-corrected chi connectivity index (χ3v) is 3.49. The molecular weight excluding hydrogens is 310 g/mol. The number of hydrogen-bond acceptors (Lipinski definition) is 4. The first kappa shape index (κ1) is 16.9. The van der Waals surface area contributed by atoms with Crippen LogP contribution in [0.15, 0.2) is 12.1 Å². The Labute approximate surface area is 131 Å². The molecule has 1 aliphatic heterocycles. The van der Waals surface area contributed by atoms with Crippen molar-refractivity contribution in [3.8, 4) is 5.75 Å². The van der Waals surface area contributed by atoms with Gasteiger partial charge in [0.05, 0.1) is 13.5 Å². The van der Waals surface area contributed by atoms with Crippen molar-refractivity contribution in [2.45, 2.75) is 32.4 Å². The van der Waals surface area contributed by atoms with Crippen LogP contribution in [0.4, 0.5) is 8.78 Å². The number of rotatable bonds is 4. The molecule has 1 fully saturated rings. The molecule has 2 rings (SSSR count). The monoisotopic (exact) mass is 326 g/mol. The van der Waals surface area contributed by atoms with E-state index in [9.17, 15) is 23.2 Å². The maximum Gasteiger partial charge on any atom is 0.258 e. The fraction of sp³-hybridized carbons (Fsp3) is 0.400. The first-order valence-corrected chi connectivity index (χ1v) is 6.96. The van der Waals surface area contributed by atoms with Crippen molar-refractivity contribution in [3.63, 3.8) is 0 Å². The summed E-state index contributed by atoms with van der Waals surface area (Å²) >= 11 is 0. The molecule has 1 atom stereocenters. The zero-order chi connectivity index (χ0) is 17.3. The van der Waals surface area contributed by atoms with Crippen LogP contribution in [0.25, 0.3) is 0 Å². The van der Waals surface area contributed by atoms with Crippen LogP contribution in [-0.4, -0.2) is 41.8 Å². The van der Waals surface area contributed by atoms with Gasteiger partial charge >= 0.3 is 0 Å². The highest BCUT2D eigenvalue weighted by atomic mass is 19.1. The molecule has 0 radical (unpaired) electrons. The van der Waals surface area contributed by atoms with Crippen molar-refractivity contribution in [2.75, 3.05) is 7.11 Å². The van der Waals surface area contributed by atoms with Gasteiger partial charge < -0.3 is 10.1 Å². The van der Waals surface area contributed by atoms with E-state index in [0.717, 1.165) is 24.1 Å². The lowest BCUT2D eigenvalue weighted by atomic mass is 10.1. The van der Waals surface area contributed by atoms with Gasteiger partial charge in [0.2, 0.25) is 5.91 Å². The van der Waals surface area contributed by atoms with Crippen LogP contribution in [0.1, 0.15) is 30.6 Å². The largest absolute Gasteiger partial charge is 0.493 e. The van der Waals surface area contributed by atoms with Gasteiger partial charge in [-0.2, -0.15) is 0 Å². The minimum atomic E-state index is -1.11. The molecule has 6 nitrogen and oxygen atoms in total. The van der Waals surface area contributed by atoms with Gasteiger partial charge in [0.1, 0.15) is 17.4 Å². The molecule has 1 saturated heterocycles. The van der Waals surface area contributed by atoms with Gasteiger partial charge in [0, 0.05) is 6.04 Å². The molecule has 1 unspecified atom stereocenters. The zero-order valence-corrected chi connectivity index (χ0v) is 12.9. The van der Waals surface area contributed by atoms with Crippen molar-refractivity contribution in [1.82, 2.24) is 10.2 Å². The molecule has 0 bridgehead atoms. The quantitative estimate of drug-likeness (QED) is 0.845. The van der Waals surface area contributed by atoms with Crippen LogP contribution in [0.5, 0.6) is 5.75 Å². The van der Waals surface area contributed by atoms with Crippen molar-refractivity contribution >= 4 is 17.7 Å². The molecular formula is C15H16F2N2O4. The van der Waals surface area contributed by atoms with E-state index in [1.54, 1.807) is 13.8 Å². The second-order valence-electron chi connectivity index (χ2n) is 5.36. The smallest absolute Gasteiger partial charge is 0.258 e. The van der Waals surface area contributed by atoms with Crippen LogP contribution in [-0.2, 0) is 9.59 Å². The summed E-state index contributed by atoms with van der Waals surface area (Å²) < 4.78 is 32.2. The molecule has 1 aromatic rings. The summed E-state index contributed by atoms with van der Waals surface area (Å²) in [7, 11) is 1.10. The lowest BCUT2D eigenvalue weighted by Gasteiger charge is -2.19. The molecule has 1 heterocycles. The summed E-state index contributed by atoms with van der Waals surface area (Å²) in [6.45, 7) is 3.32. The first-order chi connectivity index (χ1) is 10.8. The number of methoxy groups -OCH3 is 1. The van der Waals surface area contributed by atoms with E-state index in [-0.39, 0.29) is 12.5 Å². The van der Waals surface area contributed by atoms with Crippen LogP contribution in [0, 0.1) is 11.6 Å². The Morgan fingerprint density at radius 2 is 1.91 bits per heavy atom. The molecule has 3 amide bonds. The second kappa shape index (κ2) is 6.31. The Kier molecular flexibility index (Phi) is 4.63. The molecule has 1 aromatic carbocycles. The summed E-state index contributed by atoms with van der Waals surface area (Å²) in [4.78, 5) is 37.1. The third kappa shape index (κ3) is 3.01. The van der Waals surface area contributed by atoms with Crippen LogP contribution in [0.2, 0.25) is 0 Å². The average molecular weight is 326 g/mol. The number of nitrogens with one attached hydrogen (secondary N) is 1. The van der Waals surface area contributed by atoms with Gasteiger partial charge in [-0.3, -0.25) is 19.3 Å². The molecule has 0 saturated carbocycles. The van der Waals surface area contributed by atoms with Crippen LogP contribution in [0.3, 0.4) is 0 Å². The Balaban J connectivity index is 2.26. The van der Waals surface area contributed by atoms with Crippen molar-refractivity contribution in [3.05, 3.63) is 29.3 Å². The standard InChI is InChI=1S/C15H16F2N2O4/c1-7(2)19-11(20)6-10(15(19)22)18-14(21)12-8(16)4-5-9(17)13(12)23-3/h4-5,7,10H,6H2,1-3H3,(H,18,21). The third-order valence-electron chi connectivity index (χ3n) is 3.49. The van der Waals surface area contributed by atoms with Crippen molar-refractivity contribution in [2.24, 2.45) is 0 Å². The topological polar surface area (TPSA) is 75.7 Å². The van der Waals surface area contributed by atoms with Crippen LogP contribution >= 0.6 is 0 Å². The molecule has 0 aromatic heterocycles. The van der Waals surface area contributed by atoms with E-state index in [0.29, 0.717) is 0 Å². The van der Waals surface area contributed by atoms with Gasteiger partial charge in [0.15, 0.2) is 11.6 Å². The van der Waals surface area contributed by atoms with Crippen molar-refractivity contribution in [1.29, 1.82) is 0 Å². The Morgan fingerprint density at radius 1 is 1.30 bits per heavy atom. The molecule has 124 valence electrons. The number of likely N-dealkylation sites (tertiary alicyclic amines) is 1. The van der Waals surface area contributed by atoms with Crippen LogP contribution < -0.4 is 10.1 Å². The van der Waals surface area contributed by atoms with Gasteiger partial charge in [-0.15, -0.1) is 0 Å². The van der Waals surface area contributed by atoms with E-state index in [1.165, 1.54) is 0 Å². The number of ether oxygens (including phenoxy) is 1. The fourth-order valence-electron chi connectivity index (χ4n) is 2.48. The molecule has 1 N–H and O–H groups in total. The minimum absolute atomic E-state index is 0.220. The number of benzene rings is 1. The van der Waals surface area contributed by atoms with E-state index in [4.69, 9.17) is 4.74 Å². The molecule has 8 heteroatoms. The van der Waals surface area contributed by atoms with Gasteiger partial charge in [-0.25, -0.2) is 8.78 Å². The first-order valence-electron chi connectivity index (χ1n) is 6.96. The van der Waals surface area contributed by atoms with E-state index < -0.39 is 46.7 Å². The zero-order valence-electron chi connectivity index (χ0n) is 12.9. The Hall–Kier alpha value is -2.51. The molecule has 0 spiro atoms. The Bertz CT molecular complexity index is 676. The minimum Gasteiger partial charge on any atom is -0.493 e. The van der Waals surface area contributed by atoms with E-state index >= 15 is 0 Å². The lowest BCUT2D eigenvalue weighted by molar-refractivity contribution is -0.140. The highest BCUT2D eigenvalue weighted by molar-refractivity contribution is 6.08. The number of nitrogens with zero attached hydrogens (tertiary/aromatic N) is 1. The lowest BCUT2D eigenvalue weighted by Crippen LogP contribution is -2.44. The molecule has 23 heavy (non-hydrogen) atoms. The van der Waals surface area contributed by atoms with Gasteiger partial charge in [-0.05, 0) is 26.0 Å². The van der Waals surface area contributed by atoms with Gasteiger partial charge in [0.25, 0.3) is 11.8 Å². The van der Waals surface area contributed by atoms with Gasteiger partial charge in [-0.1, -0.05) is 0 Å². The molecule has 0 aliphatic carbocycles. The number of hydrogen-bond donors (Lipinski definition) is 1. The van der Waals surface area contributed by atoms with Crippen molar-refractivity contribution < 1.29 is 27.9 Å². The summed E-state index contributed by atoms with van der Waals surface area (Å²) in [5.74, 6) is -4.47. The second-order valence-corrected chi connectivity index (χ2v) is 5.36. The number of carbonyl (C=O) groups excluding carboxylic acids is 3. The normalized spacial score (nSPS) is 17.8. The fourth-order valence-corrected chi connectivity index (χ4v) is 2.48. The predicted molar refractivity (Wildman–Crippen MR) is 75.8 cm³/mol. The number of halogens is 2. The SMILES string of the molecule is COc1c(F)ccc(F)c1C(=O)NC1CC(=O)N(C(C)C)C1=O. The maximum atomic E-state index is 13.9. The predicted octanol–water partition coefficient (Wildman–Crippen LogP) is 1.24. The number of carbonyl (C=O) groups is 3. The summed E-state index contributed by atoms with van der Waals surface area (Å²) in [5, 5.41) is 2.27. The summed E-state index contributed by atoms with van der Waals surface area (Å²) in [5.41, 5.74) is -0.643. The number of amides is 3. The average Bonchev–Trinajstić information content (AvgIpc) is 2.75. The summed E-state index contributed by atoms with van der Waals surface area (Å²) in [6, 6.07) is 0.159. The Morgan fingerprint density at radius 3 is 2.43 bits per heavy atom. The van der Waals surface area contributed by atoms with E-state index in [1.807, 2.05) is 0 Å². The maximum absolute atomic E-state index is 13.9.